The Morgan fingerprint density at radius 2 is 1.73 bits per heavy atom. The van der Waals surface area contributed by atoms with Crippen molar-refractivity contribution in [3.8, 4) is 0 Å². The Hall–Kier alpha value is -2.55. The van der Waals surface area contributed by atoms with Gasteiger partial charge in [-0.2, -0.15) is 0 Å². The maximum atomic E-state index is 11.0. The normalized spacial score (nSPS) is 10.9. The van der Waals surface area contributed by atoms with Crippen LogP contribution in [-0.2, 0) is 17.6 Å². The second kappa shape index (κ2) is 6.48. The third kappa shape index (κ3) is 3.19. The summed E-state index contributed by atoms with van der Waals surface area (Å²) in [7, 11) is 0. The maximum absolute atomic E-state index is 11.0. The Balaban J connectivity index is 1.91. The summed E-state index contributed by atoms with van der Waals surface area (Å²) in [6.07, 6.45) is 2.97. The Kier molecular flexibility index (Phi) is 4.24. The highest BCUT2D eigenvalue weighted by Crippen LogP contribution is 2.26. The van der Waals surface area contributed by atoms with Crippen LogP contribution in [0.15, 0.2) is 54.6 Å². The molecule has 0 saturated carbocycles. The molecule has 0 atom stereocenters. The minimum absolute atomic E-state index is 0.232. The molecular formula is C19H20N2O. The zero-order chi connectivity index (χ0) is 15.4. The number of hydrogen-bond acceptors (Lipinski definition) is 1. The molecule has 3 aromatic rings. The van der Waals surface area contributed by atoms with Crippen LogP contribution >= 0.6 is 0 Å². The van der Waals surface area contributed by atoms with Gasteiger partial charge in [0.2, 0.25) is 5.91 Å². The number of carbonyl (C=O) groups excluding carboxylic acids is 1. The summed E-state index contributed by atoms with van der Waals surface area (Å²) < 4.78 is 0. The van der Waals surface area contributed by atoms with Crippen molar-refractivity contribution >= 4 is 16.8 Å². The van der Waals surface area contributed by atoms with E-state index in [1.165, 1.54) is 22.2 Å². The second-order valence-electron chi connectivity index (χ2n) is 5.61. The molecule has 1 amide bonds. The van der Waals surface area contributed by atoms with E-state index in [9.17, 15) is 4.79 Å². The van der Waals surface area contributed by atoms with Crippen molar-refractivity contribution in [2.75, 3.05) is 0 Å². The number of benzene rings is 2. The molecule has 0 saturated heterocycles. The number of fused-ring (bicyclic) bond motifs is 1. The molecule has 0 spiro atoms. The summed E-state index contributed by atoms with van der Waals surface area (Å²) in [6.45, 7) is 0. The van der Waals surface area contributed by atoms with E-state index in [-0.39, 0.29) is 5.91 Å². The minimum atomic E-state index is -0.232. The van der Waals surface area contributed by atoms with E-state index in [1.54, 1.807) is 0 Å². The zero-order valence-corrected chi connectivity index (χ0v) is 12.5. The number of aromatic amines is 1. The summed E-state index contributed by atoms with van der Waals surface area (Å²) >= 11 is 0. The number of para-hydroxylation sites is 1. The molecule has 0 aliphatic heterocycles. The van der Waals surface area contributed by atoms with Gasteiger partial charge in [0.25, 0.3) is 0 Å². The number of nitrogens with one attached hydrogen (secondary N) is 1. The van der Waals surface area contributed by atoms with Crippen LogP contribution < -0.4 is 5.73 Å². The summed E-state index contributed by atoms with van der Waals surface area (Å²) in [6, 6.07) is 18.8. The monoisotopic (exact) mass is 292 g/mol. The molecule has 0 aliphatic rings. The van der Waals surface area contributed by atoms with Crippen LogP contribution in [0.3, 0.4) is 0 Å². The summed E-state index contributed by atoms with van der Waals surface area (Å²) in [5.74, 6) is -0.232. The quantitative estimate of drug-likeness (QED) is 0.717. The summed E-state index contributed by atoms with van der Waals surface area (Å²) in [5.41, 5.74) is 10.2. The van der Waals surface area contributed by atoms with Gasteiger partial charge in [-0.1, -0.05) is 48.5 Å². The van der Waals surface area contributed by atoms with E-state index in [4.69, 9.17) is 5.73 Å². The number of rotatable bonds is 6. The van der Waals surface area contributed by atoms with Gasteiger partial charge in [-0.15, -0.1) is 0 Å². The lowest BCUT2D eigenvalue weighted by Crippen LogP contribution is -2.10. The smallest absolute Gasteiger partial charge is 0.217 e. The largest absolute Gasteiger partial charge is 0.370 e. The predicted molar refractivity (Wildman–Crippen MR) is 89.7 cm³/mol. The van der Waals surface area contributed by atoms with E-state index >= 15 is 0 Å². The molecule has 0 bridgehead atoms. The van der Waals surface area contributed by atoms with E-state index < -0.39 is 0 Å². The van der Waals surface area contributed by atoms with Crippen LogP contribution in [0.1, 0.15) is 29.7 Å². The molecule has 112 valence electrons. The van der Waals surface area contributed by atoms with Gasteiger partial charge >= 0.3 is 0 Å². The number of amides is 1. The number of primary amides is 1. The maximum Gasteiger partial charge on any atom is 0.217 e. The topological polar surface area (TPSA) is 58.9 Å². The van der Waals surface area contributed by atoms with Gasteiger partial charge in [0.05, 0.1) is 0 Å². The van der Waals surface area contributed by atoms with Crippen LogP contribution in [0.5, 0.6) is 0 Å². The lowest BCUT2D eigenvalue weighted by atomic mass is 10.0. The van der Waals surface area contributed by atoms with Crippen molar-refractivity contribution in [3.05, 3.63) is 71.4 Å². The van der Waals surface area contributed by atoms with E-state index in [0.717, 1.165) is 24.8 Å². The average Bonchev–Trinajstić information content (AvgIpc) is 2.86. The van der Waals surface area contributed by atoms with Crippen molar-refractivity contribution in [3.63, 3.8) is 0 Å². The van der Waals surface area contributed by atoms with E-state index in [0.29, 0.717) is 6.42 Å². The first kappa shape index (κ1) is 14.4. The molecular weight excluding hydrogens is 272 g/mol. The molecule has 1 heterocycles. The van der Waals surface area contributed by atoms with Crippen LogP contribution in [0.2, 0.25) is 0 Å². The van der Waals surface area contributed by atoms with Crippen molar-refractivity contribution < 1.29 is 4.79 Å². The van der Waals surface area contributed by atoms with Crippen LogP contribution in [0.4, 0.5) is 0 Å². The first-order valence-electron chi connectivity index (χ1n) is 7.65. The highest BCUT2D eigenvalue weighted by Gasteiger charge is 2.11. The third-order valence-electron chi connectivity index (χ3n) is 3.98. The lowest BCUT2D eigenvalue weighted by molar-refractivity contribution is -0.118. The van der Waals surface area contributed by atoms with Gasteiger partial charge < -0.3 is 10.7 Å². The Morgan fingerprint density at radius 1 is 1.00 bits per heavy atom. The van der Waals surface area contributed by atoms with Crippen molar-refractivity contribution in [1.82, 2.24) is 4.98 Å². The van der Waals surface area contributed by atoms with Gasteiger partial charge in [0, 0.05) is 29.4 Å². The fourth-order valence-corrected chi connectivity index (χ4v) is 2.93. The summed E-state index contributed by atoms with van der Waals surface area (Å²) in [4.78, 5) is 14.5. The lowest BCUT2D eigenvalue weighted by Gasteiger charge is -2.05. The van der Waals surface area contributed by atoms with Crippen molar-refractivity contribution in [2.24, 2.45) is 5.73 Å². The van der Waals surface area contributed by atoms with Gasteiger partial charge in [0.15, 0.2) is 0 Å². The predicted octanol–water partition coefficient (Wildman–Crippen LogP) is 3.57. The fourth-order valence-electron chi connectivity index (χ4n) is 2.93. The van der Waals surface area contributed by atoms with E-state index in [1.807, 2.05) is 12.1 Å². The van der Waals surface area contributed by atoms with Crippen molar-refractivity contribution in [2.45, 2.75) is 25.7 Å². The molecule has 0 aliphatic carbocycles. The molecule has 0 fully saturated rings. The second-order valence-corrected chi connectivity index (χ2v) is 5.61. The molecule has 3 rings (SSSR count). The molecule has 3 heteroatoms. The Morgan fingerprint density at radius 3 is 2.50 bits per heavy atom. The van der Waals surface area contributed by atoms with Crippen LogP contribution in [0, 0.1) is 0 Å². The highest BCUT2D eigenvalue weighted by molar-refractivity contribution is 5.85. The Bertz CT molecular complexity index is 774. The van der Waals surface area contributed by atoms with Crippen LogP contribution in [0.25, 0.3) is 10.9 Å². The molecule has 0 radical (unpaired) electrons. The third-order valence-corrected chi connectivity index (χ3v) is 3.98. The molecule has 3 N–H and O–H groups in total. The number of H-pyrrole nitrogens is 1. The zero-order valence-electron chi connectivity index (χ0n) is 12.5. The van der Waals surface area contributed by atoms with Crippen LogP contribution in [-0.4, -0.2) is 10.9 Å². The number of hydrogen-bond donors (Lipinski definition) is 2. The first-order valence-corrected chi connectivity index (χ1v) is 7.65. The molecule has 22 heavy (non-hydrogen) atoms. The van der Waals surface area contributed by atoms with Gasteiger partial charge in [-0.3, -0.25) is 4.79 Å². The van der Waals surface area contributed by atoms with Gasteiger partial charge in [-0.25, -0.2) is 0 Å². The molecule has 0 unspecified atom stereocenters. The fraction of sp³-hybridized carbons (Fsp3) is 0.211. The average molecular weight is 292 g/mol. The molecule has 3 nitrogen and oxygen atoms in total. The number of nitrogens with two attached hydrogens (primary N) is 1. The van der Waals surface area contributed by atoms with Crippen molar-refractivity contribution in [1.29, 1.82) is 0 Å². The SMILES string of the molecule is NC(=O)CCCc1c(Cc2ccccc2)[nH]c2ccccc12. The first-order chi connectivity index (χ1) is 10.7. The summed E-state index contributed by atoms with van der Waals surface area (Å²) in [5, 5.41) is 1.25. The number of carbonyl (C=O) groups is 1. The van der Waals surface area contributed by atoms with E-state index in [2.05, 4.69) is 47.4 Å². The highest BCUT2D eigenvalue weighted by atomic mass is 16.1. The Labute approximate surface area is 130 Å². The number of aromatic nitrogens is 1. The van der Waals surface area contributed by atoms with Gasteiger partial charge in [-0.05, 0) is 30.0 Å². The number of aryl methyl sites for hydroxylation is 1. The minimum Gasteiger partial charge on any atom is -0.370 e. The molecule has 1 aromatic heterocycles. The molecule has 2 aromatic carbocycles. The van der Waals surface area contributed by atoms with Gasteiger partial charge in [0.1, 0.15) is 0 Å². The standard InChI is InChI=1S/C19H20N2O/c20-19(22)12-6-10-16-15-9-4-5-11-17(15)21-18(16)13-14-7-2-1-3-8-14/h1-5,7-9,11,21H,6,10,12-13H2,(H2,20,22).